The summed E-state index contributed by atoms with van der Waals surface area (Å²) in [5, 5.41) is 3.58. The van der Waals surface area contributed by atoms with Crippen LogP contribution in [0.3, 0.4) is 0 Å². The Morgan fingerprint density at radius 1 is 1.44 bits per heavy atom. The molecule has 0 radical (unpaired) electrons. The van der Waals surface area contributed by atoms with Crippen LogP contribution in [0, 0.1) is 5.41 Å². The molecule has 88 valence electrons. The predicted octanol–water partition coefficient (Wildman–Crippen LogP) is 4.22. The average Bonchev–Trinajstić information content (AvgIpc) is 2.15. The molecule has 1 aliphatic rings. The lowest BCUT2D eigenvalue weighted by Crippen LogP contribution is -2.31. The molecule has 1 aliphatic carbocycles. The summed E-state index contributed by atoms with van der Waals surface area (Å²) in [6.07, 6.45) is 8.91. The number of hydrogen-bond donors (Lipinski definition) is 1. The second kappa shape index (κ2) is 4.74. The number of nitrogens with zero attached hydrogens (tertiary/aromatic N) is 1. The van der Waals surface area contributed by atoms with Crippen LogP contribution >= 0.6 is 15.9 Å². The molecular weight excluding hydrogens is 264 g/mol. The summed E-state index contributed by atoms with van der Waals surface area (Å²) < 4.78 is 1.03. The molecule has 1 N–H and O–H groups in total. The minimum Gasteiger partial charge on any atom is -0.381 e. The molecule has 2 rings (SSSR count). The van der Waals surface area contributed by atoms with E-state index in [1.165, 1.54) is 25.7 Å². The van der Waals surface area contributed by atoms with E-state index in [4.69, 9.17) is 0 Å². The Hall–Kier alpha value is -0.570. The van der Waals surface area contributed by atoms with Crippen molar-refractivity contribution in [1.29, 1.82) is 0 Å². The molecule has 1 saturated carbocycles. The Bertz CT molecular complexity index is 363. The van der Waals surface area contributed by atoms with Crippen molar-refractivity contribution in [3.8, 4) is 0 Å². The zero-order chi connectivity index (χ0) is 11.6. The molecule has 0 bridgehead atoms. The third-order valence-corrected chi connectivity index (χ3v) is 3.71. The molecule has 1 fully saturated rings. The van der Waals surface area contributed by atoms with Gasteiger partial charge in [0.15, 0.2) is 0 Å². The van der Waals surface area contributed by atoms with Crippen LogP contribution in [0.15, 0.2) is 22.9 Å². The Morgan fingerprint density at radius 3 is 2.94 bits per heavy atom. The average molecular weight is 283 g/mol. The van der Waals surface area contributed by atoms with Crippen molar-refractivity contribution in [2.45, 2.75) is 45.6 Å². The number of pyridine rings is 1. The summed E-state index contributed by atoms with van der Waals surface area (Å²) in [4.78, 5) is 4.18. The third kappa shape index (κ3) is 3.21. The maximum atomic E-state index is 4.18. The van der Waals surface area contributed by atoms with Gasteiger partial charge < -0.3 is 5.32 Å². The molecule has 0 spiro atoms. The van der Waals surface area contributed by atoms with E-state index in [9.17, 15) is 0 Å². The molecule has 0 aromatic carbocycles. The fraction of sp³-hybridized carbons (Fsp3) is 0.615. The Morgan fingerprint density at radius 2 is 2.25 bits per heavy atom. The molecular formula is C13H19BrN2. The van der Waals surface area contributed by atoms with Gasteiger partial charge in [0, 0.05) is 16.7 Å². The normalized spacial score (nSPS) is 24.1. The standard InChI is InChI=1S/C13H19BrN2/c1-13(2)5-3-4-11(7-13)16-12-6-10(14)8-15-9-12/h6,8-9,11,16H,3-5,7H2,1-2H3. The van der Waals surface area contributed by atoms with E-state index in [0.717, 1.165) is 10.2 Å². The van der Waals surface area contributed by atoms with E-state index in [1.54, 1.807) is 0 Å². The number of nitrogens with one attached hydrogen (secondary N) is 1. The van der Waals surface area contributed by atoms with Gasteiger partial charge in [-0.2, -0.15) is 0 Å². The monoisotopic (exact) mass is 282 g/mol. The molecule has 0 saturated heterocycles. The summed E-state index contributed by atoms with van der Waals surface area (Å²) in [6, 6.07) is 2.69. The van der Waals surface area contributed by atoms with Crippen LogP contribution in [-0.2, 0) is 0 Å². The van der Waals surface area contributed by atoms with Gasteiger partial charge in [0.2, 0.25) is 0 Å². The predicted molar refractivity (Wildman–Crippen MR) is 71.6 cm³/mol. The summed E-state index contributed by atoms with van der Waals surface area (Å²) in [7, 11) is 0. The lowest BCUT2D eigenvalue weighted by atomic mass is 9.75. The van der Waals surface area contributed by atoms with Crippen molar-refractivity contribution >= 4 is 21.6 Å². The van der Waals surface area contributed by atoms with Crippen molar-refractivity contribution in [3.05, 3.63) is 22.9 Å². The molecule has 1 aromatic rings. The van der Waals surface area contributed by atoms with Crippen LogP contribution in [0.25, 0.3) is 0 Å². The van der Waals surface area contributed by atoms with Crippen LogP contribution in [-0.4, -0.2) is 11.0 Å². The maximum Gasteiger partial charge on any atom is 0.0540 e. The lowest BCUT2D eigenvalue weighted by Gasteiger charge is -2.36. The summed E-state index contributed by atoms with van der Waals surface area (Å²) in [5.41, 5.74) is 1.60. The lowest BCUT2D eigenvalue weighted by molar-refractivity contribution is 0.229. The molecule has 1 atom stereocenters. The van der Waals surface area contributed by atoms with E-state index >= 15 is 0 Å². The van der Waals surface area contributed by atoms with Gasteiger partial charge in [-0.15, -0.1) is 0 Å². The van der Waals surface area contributed by atoms with Gasteiger partial charge in [0.1, 0.15) is 0 Å². The first-order chi connectivity index (χ1) is 7.55. The summed E-state index contributed by atoms with van der Waals surface area (Å²) in [5.74, 6) is 0. The van der Waals surface area contributed by atoms with Crippen molar-refractivity contribution in [1.82, 2.24) is 4.98 Å². The first-order valence-corrected chi connectivity index (χ1v) is 6.72. The van der Waals surface area contributed by atoms with Gasteiger partial charge in [-0.3, -0.25) is 4.98 Å². The molecule has 1 unspecified atom stereocenters. The zero-order valence-electron chi connectivity index (χ0n) is 9.96. The molecule has 0 aliphatic heterocycles. The molecule has 0 amide bonds. The Kier molecular flexibility index (Phi) is 3.53. The fourth-order valence-electron chi connectivity index (χ4n) is 2.55. The summed E-state index contributed by atoms with van der Waals surface area (Å²) in [6.45, 7) is 4.72. The van der Waals surface area contributed by atoms with Gasteiger partial charge in [-0.25, -0.2) is 0 Å². The van der Waals surface area contributed by atoms with Gasteiger partial charge in [0.25, 0.3) is 0 Å². The zero-order valence-corrected chi connectivity index (χ0v) is 11.5. The highest BCUT2D eigenvalue weighted by Gasteiger charge is 2.27. The van der Waals surface area contributed by atoms with Crippen LogP contribution in [0.5, 0.6) is 0 Å². The van der Waals surface area contributed by atoms with Crippen molar-refractivity contribution in [3.63, 3.8) is 0 Å². The Labute approximate surface area is 106 Å². The van der Waals surface area contributed by atoms with Gasteiger partial charge in [-0.05, 0) is 46.7 Å². The smallest absolute Gasteiger partial charge is 0.0540 e. The second-order valence-electron chi connectivity index (χ2n) is 5.49. The highest BCUT2D eigenvalue weighted by Crippen LogP contribution is 2.36. The van der Waals surface area contributed by atoms with Crippen LogP contribution in [0.4, 0.5) is 5.69 Å². The topological polar surface area (TPSA) is 24.9 Å². The Balaban J connectivity index is 1.99. The number of aromatic nitrogens is 1. The van der Waals surface area contributed by atoms with E-state index in [1.807, 2.05) is 12.4 Å². The van der Waals surface area contributed by atoms with E-state index in [-0.39, 0.29) is 0 Å². The van der Waals surface area contributed by atoms with Crippen molar-refractivity contribution in [2.24, 2.45) is 5.41 Å². The minimum atomic E-state index is 0.482. The number of hydrogen-bond acceptors (Lipinski definition) is 2. The number of halogens is 1. The van der Waals surface area contributed by atoms with Crippen molar-refractivity contribution in [2.75, 3.05) is 5.32 Å². The van der Waals surface area contributed by atoms with Gasteiger partial charge in [0.05, 0.1) is 11.9 Å². The molecule has 1 heterocycles. The molecule has 1 aromatic heterocycles. The highest BCUT2D eigenvalue weighted by atomic mass is 79.9. The van der Waals surface area contributed by atoms with Crippen molar-refractivity contribution < 1.29 is 0 Å². The summed E-state index contributed by atoms with van der Waals surface area (Å²) >= 11 is 3.45. The third-order valence-electron chi connectivity index (χ3n) is 3.28. The van der Waals surface area contributed by atoms with Gasteiger partial charge in [-0.1, -0.05) is 20.3 Å². The SMILES string of the molecule is CC1(C)CCCC(Nc2cncc(Br)c2)C1. The first-order valence-electron chi connectivity index (χ1n) is 5.92. The van der Waals surface area contributed by atoms with Crippen LogP contribution in [0.1, 0.15) is 39.5 Å². The van der Waals surface area contributed by atoms with E-state index in [2.05, 4.69) is 46.1 Å². The molecule has 2 nitrogen and oxygen atoms in total. The molecule has 3 heteroatoms. The number of anilines is 1. The minimum absolute atomic E-state index is 0.482. The van der Waals surface area contributed by atoms with E-state index in [0.29, 0.717) is 11.5 Å². The maximum absolute atomic E-state index is 4.18. The largest absolute Gasteiger partial charge is 0.381 e. The van der Waals surface area contributed by atoms with Gasteiger partial charge >= 0.3 is 0 Å². The first kappa shape index (κ1) is 11.9. The fourth-order valence-corrected chi connectivity index (χ4v) is 2.91. The number of rotatable bonds is 2. The van der Waals surface area contributed by atoms with E-state index < -0.39 is 0 Å². The molecule has 16 heavy (non-hydrogen) atoms. The highest BCUT2D eigenvalue weighted by molar-refractivity contribution is 9.10. The van der Waals surface area contributed by atoms with Crippen LogP contribution < -0.4 is 5.32 Å². The quantitative estimate of drug-likeness (QED) is 0.878. The second-order valence-corrected chi connectivity index (χ2v) is 6.41. The van der Waals surface area contributed by atoms with Crippen LogP contribution in [0.2, 0.25) is 0 Å².